The summed E-state index contributed by atoms with van der Waals surface area (Å²) in [4.78, 5) is 4.00. The summed E-state index contributed by atoms with van der Waals surface area (Å²) in [7, 11) is 0. The van der Waals surface area contributed by atoms with Gasteiger partial charge < -0.3 is 5.32 Å². The van der Waals surface area contributed by atoms with Crippen LogP contribution in [0, 0.1) is 0 Å². The van der Waals surface area contributed by atoms with E-state index in [1.807, 2.05) is 12.1 Å². The number of aromatic nitrogens is 1. The Hall–Kier alpha value is -0.540. The van der Waals surface area contributed by atoms with Gasteiger partial charge in [-0.3, -0.25) is 4.98 Å². The Bertz CT molecular complexity index is 276. The van der Waals surface area contributed by atoms with Crippen molar-refractivity contribution in [3.05, 3.63) is 34.5 Å². The first-order valence-electron chi connectivity index (χ1n) is 3.42. The van der Waals surface area contributed by atoms with Crippen LogP contribution in [0.2, 0.25) is 0 Å². The molecule has 2 nitrogen and oxygen atoms in total. The summed E-state index contributed by atoms with van der Waals surface area (Å²) in [6.07, 6.45) is 5.32. The predicted molar refractivity (Wildman–Crippen MR) is 55.4 cm³/mol. The maximum atomic E-state index is 5.35. The van der Waals surface area contributed by atoms with Crippen LogP contribution in [0.5, 0.6) is 0 Å². The number of hydrogen-bond acceptors (Lipinski definition) is 2. The SMILES string of the molecule is Cl/C=C/CNc1cncc(Br)c1. The Kier molecular flexibility index (Phi) is 4.11. The van der Waals surface area contributed by atoms with Crippen LogP contribution in [0.15, 0.2) is 34.5 Å². The van der Waals surface area contributed by atoms with Crippen LogP contribution in [0.1, 0.15) is 0 Å². The summed E-state index contributed by atoms with van der Waals surface area (Å²) >= 11 is 8.68. The molecule has 0 aliphatic heterocycles. The van der Waals surface area contributed by atoms with Crippen LogP contribution >= 0.6 is 27.5 Å². The van der Waals surface area contributed by atoms with E-state index in [9.17, 15) is 0 Å². The fourth-order valence-electron chi connectivity index (χ4n) is 0.730. The van der Waals surface area contributed by atoms with E-state index in [1.165, 1.54) is 5.54 Å². The van der Waals surface area contributed by atoms with Crippen LogP contribution in [-0.2, 0) is 0 Å². The number of hydrogen-bond donors (Lipinski definition) is 1. The van der Waals surface area contributed by atoms with Crippen LogP contribution in [-0.4, -0.2) is 11.5 Å². The molecule has 0 unspecified atom stereocenters. The molecule has 0 spiro atoms. The fourth-order valence-corrected chi connectivity index (χ4v) is 1.18. The number of anilines is 1. The topological polar surface area (TPSA) is 24.9 Å². The zero-order valence-corrected chi connectivity index (χ0v) is 8.64. The molecule has 0 bridgehead atoms. The molecule has 12 heavy (non-hydrogen) atoms. The molecular formula is C8H8BrClN2. The third-order valence-corrected chi connectivity index (χ3v) is 1.83. The molecule has 0 aliphatic rings. The summed E-state index contributed by atoms with van der Waals surface area (Å²) in [6, 6.07) is 1.95. The Balaban J connectivity index is 2.52. The monoisotopic (exact) mass is 246 g/mol. The molecule has 1 heterocycles. The van der Waals surface area contributed by atoms with Crippen molar-refractivity contribution in [2.45, 2.75) is 0 Å². The van der Waals surface area contributed by atoms with Gasteiger partial charge in [-0.15, -0.1) is 0 Å². The van der Waals surface area contributed by atoms with E-state index in [0.29, 0.717) is 6.54 Å². The zero-order valence-electron chi connectivity index (χ0n) is 6.30. The quantitative estimate of drug-likeness (QED) is 0.888. The largest absolute Gasteiger partial charge is 0.380 e. The molecule has 1 aromatic rings. The Morgan fingerprint density at radius 2 is 2.42 bits per heavy atom. The maximum absolute atomic E-state index is 5.35. The molecular weight excluding hydrogens is 239 g/mol. The highest BCUT2D eigenvalue weighted by Gasteiger charge is 1.90. The Morgan fingerprint density at radius 1 is 1.58 bits per heavy atom. The molecule has 0 saturated heterocycles. The Labute approximate surface area is 84.8 Å². The van der Waals surface area contributed by atoms with E-state index in [2.05, 4.69) is 26.2 Å². The van der Waals surface area contributed by atoms with Crippen LogP contribution in [0.4, 0.5) is 5.69 Å². The molecule has 0 fully saturated rings. The first kappa shape index (κ1) is 9.55. The van der Waals surface area contributed by atoms with Crippen molar-refractivity contribution in [1.82, 2.24) is 4.98 Å². The van der Waals surface area contributed by atoms with Crippen molar-refractivity contribution in [2.75, 3.05) is 11.9 Å². The van der Waals surface area contributed by atoms with Gasteiger partial charge in [0.2, 0.25) is 0 Å². The van der Waals surface area contributed by atoms with Gasteiger partial charge in [-0.2, -0.15) is 0 Å². The van der Waals surface area contributed by atoms with E-state index in [-0.39, 0.29) is 0 Å². The minimum atomic E-state index is 0.710. The predicted octanol–water partition coefficient (Wildman–Crippen LogP) is 3.01. The van der Waals surface area contributed by atoms with Gasteiger partial charge in [-0.25, -0.2) is 0 Å². The third kappa shape index (κ3) is 3.24. The van der Waals surface area contributed by atoms with E-state index in [0.717, 1.165) is 10.2 Å². The molecule has 0 aromatic carbocycles. The van der Waals surface area contributed by atoms with Gasteiger partial charge in [0.15, 0.2) is 0 Å². The van der Waals surface area contributed by atoms with Crippen molar-refractivity contribution >= 4 is 33.2 Å². The summed E-state index contributed by atoms with van der Waals surface area (Å²) in [5.41, 5.74) is 2.46. The highest BCUT2D eigenvalue weighted by atomic mass is 79.9. The molecule has 1 N–H and O–H groups in total. The second kappa shape index (κ2) is 5.17. The second-order valence-corrected chi connectivity index (χ2v) is 3.30. The summed E-state index contributed by atoms with van der Waals surface area (Å²) < 4.78 is 0.961. The summed E-state index contributed by atoms with van der Waals surface area (Å²) in [5, 5.41) is 3.12. The summed E-state index contributed by atoms with van der Waals surface area (Å²) in [6.45, 7) is 0.710. The lowest BCUT2D eigenvalue weighted by atomic mass is 10.4. The zero-order chi connectivity index (χ0) is 8.81. The highest BCUT2D eigenvalue weighted by molar-refractivity contribution is 9.10. The van der Waals surface area contributed by atoms with Crippen LogP contribution < -0.4 is 5.32 Å². The molecule has 0 amide bonds. The summed E-state index contributed by atoms with van der Waals surface area (Å²) in [5.74, 6) is 0. The van der Waals surface area contributed by atoms with Crippen molar-refractivity contribution in [3.8, 4) is 0 Å². The smallest absolute Gasteiger partial charge is 0.0540 e. The molecule has 0 aliphatic carbocycles. The number of nitrogens with one attached hydrogen (secondary N) is 1. The van der Waals surface area contributed by atoms with Gasteiger partial charge in [-0.1, -0.05) is 17.7 Å². The number of pyridine rings is 1. The van der Waals surface area contributed by atoms with E-state index in [4.69, 9.17) is 11.6 Å². The van der Waals surface area contributed by atoms with Gasteiger partial charge in [0.1, 0.15) is 0 Å². The first-order chi connectivity index (χ1) is 5.83. The van der Waals surface area contributed by atoms with Gasteiger partial charge >= 0.3 is 0 Å². The van der Waals surface area contributed by atoms with E-state index >= 15 is 0 Å². The molecule has 0 atom stereocenters. The molecule has 64 valence electrons. The van der Waals surface area contributed by atoms with Crippen molar-refractivity contribution in [2.24, 2.45) is 0 Å². The highest BCUT2D eigenvalue weighted by Crippen LogP contribution is 2.12. The van der Waals surface area contributed by atoms with Crippen molar-refractivity contribution < 1.29 is 0 Å². The third-order valence-electron chi connectivity index (χ3n) is 1.22. The van der Waals surface area contributed by atoms with Gasteiger partial charge in [-0.05, 0) is 22.0 Å². The fraction of sp³-hybridized carbons (Fsp3) is 0.125. The minimum Gasteiger partial charge on any atom is -0.380 e. The first-order valence-corrected chi connectivity index (χ1v) is 4.65. The van der Waals surface area contributed by atoms with Gasteiger partial charge in [0, 0.05) is 22.7 Å². The average molecular weight is 248 g/mol. The normalized spacial score (nSPS) is 10.5. The number of nitrogens with zero attached hydrogens (tertiary/aromatic N) is 1. The van der Waals surface area contributed by atoms with E-state index in [1.54, 1.807) is 12.4 Å². The molecule has 4 heteroatoms. The molecule has 1 aromatic heterocycles. The maximum Gasteiger partial charge on any atom is 0.0540 e. The number of halogens is 2. The lowest BCUT2D eigenvalue weighted by Gasteiger charge is -2.01. The van der Waals surface area contributed by atoms with E-state index < -0.39 is 0 Å². The minimum absolute atomic E-state index is 0.710. The van der Waals surface area contributed by atoms with Gasteiger partial charge in [0.05, 0.1) is 11.9 Å². The Morgan fingerprint density at radius 3 is 3.08 bits per heavy atom. The molecule has 1 rings (SSSR count). The molecule has 0 radical (unpaired) electrons. The van der Waals surface area contributed by atoms with Gasteiger partial charge in [0.25, 0.3) is 0 Å². The average Bonchev–Trinajstić information content (AvgIpc) is 2.05. The lowest BCUT2D eigenvalue weighted by molar-refractivity contribution is 1.26. The van der Waals surface area contributed by atoms with Crippen LogP contribution in [0.25, 0.3) is 0 Å². The number of rotatable bonds is 3. The van der Waals surface area contributed by atoms with Crippen LogP contribution in [0.3, 0.4) is 0 Å². The van der Waals surface area contributed by atoms with Crippen molar-refractivity contribution in [1.29, 1.82) is 0 Å². The standard InChI is InChI=1S/C8H8BrClN2/c9-7-4-8(6-11-5-7)12-3-1-2-10/h1-2,4-6,12H,3H2/b2-1+. The van der Waals surface area contributed by atoms with Crippen molar-refractivity contribution in [3.63, 3.8) is 0 Å². The molecule has 0 saturated carbocycles. The lowest BCUT2D eigenvalue weighted by Crippen LogP contribution is -1.97. The second-order valence-electron chi connectivity index (χ2n) is 2.13.